The molecule has 0 radical (unpaired) electrons. The zero-order valence-corrected chi connectivity index (χ0v) is 10.2. The summed E-state index contributed by atoms with van der Waals surface area (Å²) in [5, 5.41) is 0. The summed E-state index contributed by atoms with van der Waals surface area (Å²) in [5.41, 5.74) is 1.07. The van der Waals surface area contributed by atoms with E-state index in [1.807, 2.05) is 0 Å². The molecule has 0 saturated heterocycles. The van der Waals surface area contributed by atoms with E-state index in [9.17, 15) is 14.0 Å². The third-order valence-corrected chi connectivity index (χ3v) is 3.83. The molecule has 0 unspecified atom stereocenters. The Labute approximate surface area is 105 Å². The van der Waals surface area contributed by atoms with Gasteiger partial charge in [-0.3, -0.25) is 9.59 Å². The van der Waals surface area contributed by atoms with E-state index in [0.717, 1.165) is 19.3 Å². The minimum atomic E-state index is -0.582. The van der Waals surface area contributed by atoms with Crippen molar-refractivity contribution in [1.29, 1.82) is 0 Å². The number of halogens is 1. The van der Waals surface area contributed by atoms with E-state index in [1.54, 1.807) is 13.0 Å². The van der Waals surface area contributed by atoms with Crippen molar-refractivity contribution in [2.45, 2.75) is 26.2 Å². The van der Waals surface area contributed by atoms with Gasteiger partial charge in [-0.05, 0) is 43.4 Å². The van der Waals surface area contributed by atoms with Crippen molar-refractivity contribution < 1.29 is 14.0 Å². The predicted octanol–water partition coefficient (Wildman–Crippen LogP) is 2.46. The zero-order chi connectivity index (χ0) is 12.9. The molecule has 1 aliphatic carbocycles. The number of Topliss-reactive ketones (excluding diaryl/α,β-unsaturated/α-hetero) is 1. The van der Waals surface area contributed by atoms with Gasteiger partial charge >= 0.3 is 0 Å². The number of hydrogen-bond donors (Lipinski definition) is 0. The van der Waals surface area contributed by atoms with Crippen LogP contribution in [0.5, 0.6) is 0 Å². The molecule has 1 aromatic rings. The number of nitrogens with zero attached hydrogens (tertiary/aromatic N) is 1. The lowest BCUT2D eigenvalue weighted by Crippen LogP contribution is -2.36. The monoisotopic (exact) mass is 247 g/mol. The molecule has 0 aromatic heterocycles. The number of rotatable bonds is 2. The van der Waals surface area contributed by atoms with Crippen LogP contribution in [-0.4, -0.2) is 18.2 Å². The Bertz CT molecular complexity index is 549. The van der Waals surface area contributed by atoms with Gasteiger partial charge in [-0.15, -0.1) is 0 Å². The molecule has 1 saturated carbocycles. The van der Waals surface area contributed by atoms with Crippen LogP contribution in [0.2, 0.25) is 0 Å². The molecule has 4 heteroatoms. The smallest absolute Gasteiger partial charge is 0.299 e. The molecule has 0 atom stereocenters. The summed E-state index contributed by atoms with van der Waals surface area (Å²) in [4.78, 5) is 25.1. The highest BCUT2D eigenvalue weighted by Gasteiger charge is 2.39. The summed E-state index contributed by atoms with van der Waals surface area (Å²) >= 11 is 0. The van der Waals surface area contributed by atoms with E-state index in [0.29, 0.717) is 18.0 Å². The van der Waals surface area contributed by atoms with Gasteiger partial charge in [0.25, 0.3) is 11.7 Å². The second-order valence-electron chi connectivity index (χ2n) is 5.18. The number of aryl methyl sites for hydroxylation is 1. The van der Waals surface area contributed by atoms with Crippen molar-refractivity contribution in [3.63, 3.8) is 0 Å². The second kappa shape index (κ2) is 3.90. The Hall–Kier alpha value is -1.71. The van der Waals surface area contributed by atoms with Crippen LogP contribution < -0.4 is 4.90 Å². The summed E-state index contributed by atoms with van der Waals surface area (Å²) in [5.74, 6) is -1.22. The van der Waals surface area contributed by atoms with Crippen LogP contribution in [0.3, 0.4) is 0 Å². The third-order valence-electron chi connectivity index (χ3n) is 3.83. The van der Waals surface area contributed by atoms with Crippen LogP contribution in [0.1, 0.15) is 35.2 Å². The van der Waals surface area contributed by atoms with Crippen LogP contribution in [0, 0.1) is 18.7 Å². The Kier molecular flexibility index (Phi) is 2.47. The van der Waals surface area contributed by atoms with Gasteiger partial charge in [0, 0.05) is 6.54 Å². The number of fused-ring (bicyclic) bond motifs is 1. The molecular weight excluding hydrogens is 233 g/mol. The quantitative estimate of drug-likeness (QED) is 0.753. The van der Waals surface area contributed by atoms with E-state index < -0.39 is 17.5 Å². The van der Waals surface area contributed by atoms with Gasteiger partial charge in [0.2, 0.25) is 0 Å². The molecule has 0 N–H and O–H groups in total. The molecule has 3 nitrogen and oxygen atoms in total. The van der Waals surface area contributed by atoms with Gasteiger partial charge < -0.3 is 4.90 Å². The SMILES string of the molecule is Cc1cc(F)c2c(c1)C(=O)C(=O)N2CC1CCC1. The van der Waals surface area contributed by atoms with Gasteiger partial charge in [0.05, 0.1) is 11.3 Å². The van der Waals surface area contributed by atoms with E-state index in [-0.39, 0.29) is 11.3 Å². The molecule has 18 heavy (non-hydrogen) atoms. The number of carbonyl (C=O) groups excluding carboxylic acids is 2. The van der Waals surface area contributed by atoms with Crippen molar-refractivity contribution in [1.82, 2.24) is 0 Å². The molecule has 1 aliphatic heterocycles. The number of ketones is 1. The van der Waals surface area contributed by atoms with E-state index in [2.05, 4.69) is 0 Å². The van der Waals surface area contributed by atoms with Crippen LogP contribution >= 0.6 is 0 Å². The van der Waals surface area contributed by atoms with Crippen molar-refractivity contribution in [3.05, 3.63) is 29.1 Å². The van der Waals surface area contributed by atoms with Crippen LogP contribution in [0.25, 0.3) is 0 Å². The summed E-state index contributed by atoms with van der Waals surface area (Å²) in [6.07, 6.45) is 3.27. The molecule has 0 bridgehead atoms. The summed E-state index contributed by atoms with van der Waals surface area (Å²) in [7, 11) is 0. The largest absolute Gasteiger partial charge is 0.302 e. The van der Waals surface area contributed by atoms with Gasteiger partial charge in [-0.2, -0.15) is 0 Å². The molecule has 0 spiro atoms. The standard InChI is InChI=1S/C14H14FNO2/c1-8-5-10-12(11(15)6-8)16(14(18)13(10)17)7-9-3-2-4-9/h5-6,9H,2-4,7H2,1H3. The fourth-order valence-corrected chi connectivity index (χ4v) is 2.63. The Morgan fingerprint density at radius 3 is 2.67 bits per heavy atom. The molecule has 1 heterocycles. The Morgan fingerprint density at radius 2 is 2.06 bits per heavy atom. The lowest BCUT2D eigenvalue weighted by atomic mass is 9.85. The molecule has 2 aliphatic rings. The number of carbonyl (C=O) groups is 2. The Morgan fingerprint density at radius 1 is 1.33 bits per heavy atom. The first-order chi connectivity index (χ1) is 8.58. The number of benzene rings is 1. The molecule has 1 fully saturated rings. The first-order valence-electron chi connectivity index (χ1n) is 6.24. The van der Waals surface area contributed by atoms with E-state index in [4.69, 9.17) is 0 Å². The highest BCUT2D eigenvalue weighted by atomic mass is 19.1. The highest BCUT2D eigenvalue weighted by Crippen LogP contribution is 2.36. The maximum Gasteiger partial charge on any atom is 0.299 e. The number of amides is 1. The summed E-state index contributed by atoms with van der Waals surface area (Å²) in [6.45, 7) is 2.19. The normalized spacial score (nSPS) is 19.1. The molecule has 1 amide bonds. The zero-order valence-electron chi connectivity index (χ0n) is 10.2. The van der Waals surface area contributed by atoms with Crippen LogP contribution in [0.15, 0.2) is 12.1 Å². The first kappa shape index (κ1) is 11.4. The predicted molar refractivity (Wildman–Crippen MR) is 65.2 cm³/mol. The number of hydrogen-bond acceptors (Lipinski definition) is 2. The maximum atomic E-state index is 14.0. The second-order valence-corrected chi connectivity index (χ2v) is 5.18. The summed E-state index contributed by atoms with van der Waals surface area (Å²) in [6, 6.07) is 2.97. The molecular formula is C14H14FNO2. The molecule has 1 aromatic carbocycles. The van der Waals surface area contributed by atoms with Crippen molar-refractivity contribution in [2.75, 3.05) is 11.4 Å². The van der Waals surface area contributed by atoms with Crippen molar-refractivity contribution in [3.8, 4) is 0 Å². The fraction of sp³-hybridized carbons (Fsp3) is 0.429. The van der Waals surface area contributed by atoms with Crippen molar-refractivity contribution in [2.24, 2.45) is 5.92 Å². The van der Waals surface area contributed by atoms with Crippen molar-refractivity contribution >= 4 is 17.4 Å². The van der Waals surface area contributed by atoms with Gasteiger partial charge in [0.15, 0.2) is 0 Å². The topological polar surface area (TPSA) is 37.4 Å². The number of anilines is 1. The molecule has 3 rings (SSSR count). The average molecular weight is 247 g/mol. The van der Waals surface area contributed by atoms with Crippen LogP contribution in [0.4, 0.5) is 10.1 Å². The minimum Gasteiger partial charge on any atom is -0.302 e. The maximum absolute atomic E-state index is 14.0. The van der Waals surface area contributed by atoms with Gasteiger partial charge in [-0.25, -0.2) is 4.39 Å². The van der Waals surface area contributed by atoms with E-state index >= 15 is 0 Å². The lowest BCUT2D eigenvalue weighted by molar-refractivity contribution is -0.114. The summed E-state index contributed by atoms with van der Waals surface area (Å²) < 4.78 is 14.0. The first-order valence-corrected chi connectivity index (χ1v) is 6.24. The van der Waals surface area contributed by atoms with E-state index in [1.165, 1.54) is 11.0 Å². The minimum absolute atomic E-state index is 0.183. The average Bonchev–Trinajstić information content (AvgIpc) is 2.48. The van der Waals surface area contributed by atoms with Gasteiger partial charge in [0.1, 0.15) is 5.82 Å². The van der Waals surface area contributed by atoms with Crippen LogP contribution in [-0.2, 0) is 4.79 Å². The highest BCUT2D eigenvalue weighted by molar-refractivity contribution is 6.52. The Balaban J connectivity index is 2.02. The molecule has 94 valence electrons. The fourth-order valence-electron chi connectivity index (χ4n) is 2.63. The lowest BCUT2D eigenvalue weighted by Gasteiger charge is -2.30. The van der Waals surface area contributed by atoms with Gasteiger partial charge in [-0.1, -0.05) is 6.42 Å². The third kappa shape index (κ3) is 1.55.